The summed E-state index contributed by atoms with van der Waals surface area (Å²) in [4.78, 5) is 1.91. The first-order chi connectivity index (χ1) is 4.35. The lowest BCUT2D eigenvalue weighted by Crippen LogP contribution is -2.24. The van der Waals surface area contributed by atoms with Gasteiger partial charge in [0.15, 0.2) is 0 Å². The molecule has 0 rings (SSSR count). The molecule has 2 nitrogen and oxygen atoms in total. The third-order valence-corrected chi connectivity index (χ3v) is 1.46. The Labute approximate surface area is 57.5 Å². The van der Waals surface area contributed by atoms with Gasteiger partial charge in [-0.2, -0.15) is 0 Å². The summed E-state index contributed by atoms with van der Waals surface area (Å²) in [7, 11) is 0. The van der Waals surface area contributed by atoms with Crippen molar-refractivity contribution in [3.63, 3.8) is 0 Å². The highest BCUT2D eigenvalue weighted by atomic mass is 16.3. The van der Waals surface area contributed by atoms with E-state index in [1.807, 2.05) is 11.8 Å². The van der Waals surface area contributed by atoms with Crippen LogP contribution in [0.3, 0.4) is 0 Å². The van der Waals surface area contributed by atoms with Crippen LogP contribution in [0.5, 0.6) is 0 Å². The fourth-order valence-corrected chi connectivity index (χ4v) is 0.696. The molecule has 9 heavy (non-hydrogen) atoms. The Morgan fingerprint density at radius 2 is 2.00 bits per heavy atom. The second-order valence-electron chi connectivity index (χ2n) is 2.19. The predicted octanol–water partition coefficient (Wildman–Crippen LogP) is 1.50. The summed E-state index contributed by atoms with van der Waals surface area (Å²) in [6.07, 6.45) is 2.33. The molecular formula is C7H16NO. The molecule has 0 aliphatic carbocycles. The van der Waals surface area contributed by atoms with E-state index in [1.54, 1.807) is 0 Å². The van der Waals surface area contributed by atoms with Gasteiger partial charge in [0.25, 0.3) is 0 Å². The SMILES string of the molecule is CCCCN(CC)C[O]. The van der Waals surface area contributed by atoms with E-state index in [0.717, 1.165) is 19.5 Å². The zero-order valence-corrected chi connectivity index (χ0v) is 6.39. The van der Waals surface area contributed by atoms with Gasteiger partial charge >= 0.3 is 0 Å². The van der Waals surface area contributed by atoms with Crippen molar-refractivity contribution < 1.29 is 5.11 Å². The number of hydrogen-bond acceptors (Lipinski definition) is 1. The van der Waals surface area contributed by atoms with E-state index in [4.69, 9.17) is 0 Å². The summed E-state index contributed by atoms with van der Waals surface area (Å²) in [5.41, 5.74) is 0. The lowest BCUT2D eigenvalue weighted by molar-refractivity contribution is 0.0541. The Bertz CT molecular complexity index is 52.9. The molecule has 0 aromatic heterocycles. The second-order valence-corrected chi connectivity index (χ2v) is 2.19. The Morgan fingerprint density at radius 1 is 1.33 bits per heavy atom. The van der Waals surface area contributed by atoms with Crippen molar-refractivity contribution in [3.8, 4) is 0 Å². The van der Waals surface area contributed by atoms with Gasteiger partial charge in [0.2, 0.25) is 0 Å². The summed E-state index contributed by atoms with van der Waals surface area (Å²) >= 11 is 0. The monoisotopic (exact) mass is 130 g/mol. The minimum Gasteiger partial charge on any atom is -0.278 e. The fraction of sp³-hybridized carbons (Fsp3) is 1.00. The molecule has 0 saturated carbocycles. The molecule has 0 atom stereocenters. The maximum atomic E-state index is 10.3. The van der Waals surface area contributed by atoms with Crippen LogP contribution in [0.2, 0.25) is 0 Å². The summed E-state index contributed by atoms with van der Waals surface area (Å²) in [5.74, 6) is 0. The van der Waals surface area contributed by atoms with Crippen LogP contribution in [0.4, 0.5) is 0 Å². The van der Waals surface area contributed by atoms with Crippen LogP contribution in [0, 0.1) is 0 Å². The molecule has 0 saturated heterocycles. The fourth-order valence-electron chi connectivity index (χ4n) is 0.696. The molecule has 0 amide bonds. The van der Waals surface area contributed by atoms with Crippen LogP contribution in [0.15, 0.2) is 0 Å². The van der Waals surface area contributed by atoms with Crippen LogP contribution < -0.4 is 0 Å². The molecule has 0 bridgehead atoms. The zero-order valence-electron chi connectivity index (χ0n) is 6.39. The van der Waals surface area contributed by atoms with Crippen molar-refractivity contribution in [1.29, 1.82) is 0 Å². The first kappa shape index (κ1) is 8.92. The summed E-state index contributed by atoms with van der Waals surface area (Å²) < 4.78 is 0. The quantitative estimate of drug-likeness (QED) is 0.517. The van der Waals surface area contributed by atoms with Gasteiger partial charge in [-0.3, -0.25) is 4.90 Å². The molecule has 0 aromatic rings. The highest BCUT2D eigenvalue weighted by molar-refractivity contribution is 4.46. The lowest BCUT2D eigenvalue weighted by Gasteiger charge is -2.14. The number of nitrogens with zero attached hydrogens (tertiary/aromatic N) is 1. The van der Waals surface area contributed by atoms with Crippen molar-refractivity contribution in [3.05, 3.63) is 0 Å². The molecule has 1 radical (unpaired) electrons. The average Bonchev–Trinajstić information content (AvgIpc) is 1.91. The van der Waals surface area contributed by atoms with E-state index >= 15 is 0 Å². The topological polar surface area (TPSA) is 23.1 Å². The highest BCUT2D eigenvalue weighted by Crippen LogP contribution is 1.91. The van der Waals surface area contributed by atoms with Crippen LogP contribution in [-0.2, 0) is 5.11 Å². The van der Waals surface area contributed by atoms with Crippen molar-refractivity contribution >= 4 is 0 Å². The largest absolute Gasteiger partial charge is 0.278 e. The average molecular weight is 130 g/mol. The van der Waals surface area contributed by atoms with Gasteiger partial charge < -0.3 is 0 Å². The van der Waals surface area contributed by atoms with E-state index in [9.17, 15) is 5.11 Å². The zero-order chi connectivity index (χ0) is 7.11. The normalized spacial score (nSPS) is 10.7. The molecule has 0 N–H and O–H groups in total. The van der Waals surface area contributed by atoms with E-state index in [2.05, 4.69) is 6.92 Å². The first-order valence-electron chi connectivity index (χ1n) is 3.65. The molecule has 55 valence electrons. The van der Waals surface area contributed by atoms with Gasteiger partial charge in [0.05, 0.1) is 0 Å². The van der Waals surface area contributed by atoms with Crippen molar-refractivity contribution in [2.75, 3.05) is 19.8 Å². The molecular weight excluding hydrogens is 114 g/mol. The van der Waals surface area contributed by atoms with Gasteiger partial charge in [-0.25, -0.2) is 5.11 Å². The molecule has 0 unspecified atom stereocenters. The molecule has 0 aliphatic rings. The maximum Gasteiger partial charge on any atom is 0.135 e. The predicted molar refractivity (Wildman–Crippen MR) is 37.7 cm³/mol. The Kier molecular flexibility index (Phi) is 5.99. The molecule has 0 fully saturated rings. The van der Waals surface area contributed by atoms with Crippen molar-refractivity contribution in [2.24, 2.45) is 0 Å². The van der Waals surface area contributed by atoms with E-state index < -0.39 is 0 Å². The van der Waals surface area contributed by atoms with Gasteiger partial charge in [0.1, 0.15) is 6.73 Å². The van der Waals surface area contributed by atoms with Gasteiger partial charge in [-0.05, 0) is 13.0 Å². The summed E-state index contributed by atoms with van der Waals surface area (Å²) in [6.45, 7) is 5.97. The Balaban J connectivity index is 3.09. The molecule has 2 heteroatoms. The molecule has 0 heterocycles. The minimum atomic E-state index is -0.0451. The molecule has 0 spiro atoms. The number of hydrogen-bond donors (Lipinski definition) is 0. The maximum absolute atomic E-state index is 10.3. The van der Waals surface area contributed by atoms with E-state index in [0.29, 0.717) is 0 Å². The van der Waals surface area contributed by atoms with Crippen LogP contribution in [0.1, 0.15) is 26.7 Å². The lowest BCUT2D eigenvalue weighted by atomic mass is 10.3. The molecule has 0 aromatic carbocycles. The van der Waals surface area contributed by atoms with Gasteiger partial charge in [-0.15, -0.1) is 0 Å². The van der Waals surface area contributed by atoms with Crippen LogP contribution >= 0.6 is 0 Å². The second kappa shape index (κ2) is 6.05. The van der Waals surface area contributed by atoms with Gasteiger partial charge in [0, 0.05) is 6.54 Å². The van der Waals surface area contributed by atoms with Crippen LogP contribution in [0.25, 0.3) is 0 Å². The summed E-state index contributed by atoms with van der Waals surface area (Å²) in [5, 5.41) is 10.3. The first-order valence-corrected chi connectivity index (χ1v) is 3.65. The summed E-state index contributed by atoms with van der Waals surface area (Å²) in [6, 6.07) is 0. The third kappa shape index (κ3) is 4.43. The third-order valence-electron chi connectivity index (χ3n) is 1.46. The van der Waals surface area contributed by atoms with E-state index in [1.165, 1.54) is 6.42 Å². The highest BCUT2D eigenvalue weighted by Gasteiger charge is 1.96. The molecule has 0 aliphatic heterocycles. The Morgan fingerprint density at radius 3 is 2.33 bits per heavy atom. The number of rotatable bonds is 5. The Hall–Kier alpha value is -0.0800. The minimum absolute atomic E-state index is 0.0451. The van der Waals surface area contributed by atoms with Crippen LogP contribution in [-0.4, -0.2) is 24.7 Å². The van der Waals surface area contributed by atoms with Gasteiger partial charge in [-0.1, -0.05) is 20.3 Å². The van der Waals surface area contributed by atoms with E-state index in [-0.39, 0.29) is 6.73 Å². The van der Waals surface area contributed by atoms with Crippen molar-refractivity contribution in [1.82, 2.24) is 4.90 Å². The standard InChI is InChI=1S/C7H16NO/c1-3-5-6-8(4-2)7-9/h3-7H2,1-2H3. The van der Waals surface area contributed by atoms with Crippen molar-refractivity contribution in [2.45, 2.75) is 26.7 Å². The number of unbranched alkanes of at least 4 members (excludes halogenated alkanes) is 1. The smallest absolute Gasteiger partial charge is 0.135 e.